The minimum atomic E-state index is -1.52. The number of fused-ring (bicyclic) bond motifs is 3. The molecule has 0 bridgehead atoms. The molecular weight excluding hydrogens is 487 g/mol. The van der Waals surface area contributed by atoms with Crippen molar-refractivity contribution in [3.63, 3.8) is 0 Å². The molecule has 148 valence electrons. The first-order valence-corrected chi connectivity index (χ1v) is 19.1. The van der Waals surface area contributed by atoms with Crippen molar-refractivity contribution in [2.45, 2.75) is 103 Å². The van der Waals surface area contributed by atoms with Crippen molar-refractivity contribution in [3.05, 3.63) is 33.6 Å². The van der Waals surface area contributed by atoms with Crippen molar-refractivity contribution < 1.29 is 36.0 Å². The molecule has 0 N–H and O–H groups in total. The van der Waals surface area contributed by atoms with Crippen molar-refractivity contribution in [1.82, 2.24) is 0 Å². The molecule has 0 saturated carbocycles. The van der Waals surface area contributed by atoms with Crippen LogP contribution >= 0.6 is 0 Å². The van der Waals surface area contributed by atoms with Gasteiger partial charge in [0.25, 0.3) is 0 Å². The van der Waals surface area contributed by atoms with Gasteiger partial charge >= 0.3 is 194 Å². The van der Waals surface area contributed by atoms with E-state index < -0.39 is 16.1 Å². The second-order valence-corrected chi connectivity index (χ2v) is 23.2. The zero-order chi connectivity index (χ0) is 20.6. The van der Waals surface area contributed by atoms with Gasteiger partial charge in [-0.15, -0.1) is 0 Å². The number of hydrogen-bond acceptors (Lipinski definition) is 1. The van der Waals surface area contributed by atoms with E-state index in [0.29, 0.717) is 50.3 Å². The third kappa shape index (κ3) is 2.83. The second-order valence-electron chi connectivity index (χ2n) is 11.7. The topological polar surface area (TPSA) is 9.23 Å². The van der Waals surface area contributed by atoms with Gasteiger partial charge in [-0.3, -0.25) is 0 Å². The summed E-state index contributed by atoms with van der Waals surface area (Å²) in [6.45, 7) is 25.6. The van der Waals surface area contributed by atoms with Crippen LogP contribution in [-0.4, -0.2) is 16.1 Å². The van der Waals surface area contributed by atoms with E-state index >= 15 is 0 Å². The summed E-state index contributed by atoms with van der Waals surface area (Å²) < 4.78 is 6.50. The zero-order valence-corrected chi connectivity index (χ0v) is 25.0. The maximum absolute atomic E-state index is 6.50. The molecule has 0 spiro atoms. The Morgan fingerprint density at radius 2 is 1.37 bits per heavy atom. The molecule has 3 aliphatic rings. The molecule has 3 atom stereocenters. The molecule has 0 heterocycles. The van der Waals surface area contributed by atoms with Crippen LogP contribution in [0.25, 0.3) is 0 Å². The molecule has 4 heteroatoms. The third-order valence-electron chi connectivity index (χ3n) is 8.71. The average molecular weight is 527 g/mol. The fourth-order valence-corrected chi connectivity index (χ4v) is 17.6. The van der Waals surface area contributed by atoms with Crippen LogP contribution in [0, 0.1) is 40.2 Å². The molecule has 0 amide bonds. The Morgan fingerprint density at radius 3 is 1.85 bits per heavy atom. The van der Waals surface area contributed by atoms with E-state index in [1.165, 1.54) is 31.4 Å². The predicted octanol–water partition coefficient (Wildman–Crippen LogP) is 7.77. The first-order valence-electron chi connectivity index (χ1n) is 10.7. The fourth-order valence-electron chi connectivity index (χ4n) is 7.24. The van der Waals surface area contributed by atoms with E-state index in [-0.39, 0.29) is 0 Å². The first-order chi connectivity index (χ1) is 12.2. The second kappa shape index (κ2) is 6.83. The van der Waals surface area contributed by atoms with E-state index in [2.05, 4.69) is 67.0 Å². The molecule has 27 heavy (non-hydrogen) atoms. The van der Waals surface area contributed by atoms with Gasteiger partial charge < -0.3 is 0 Å². The van der Waals surface area contributed by atoms with Crippen LogP contribution in [-0.2, 0) is 1.70 Å². The normalized spacial score (nSPS) is 34.8. The maximum atomic E-state index is 6.50. The number of rotatable bonds is 3. The van der Waals surface area contributed by atoms with E-state index in [1.807, 2.05) is 0 Å². The van der Waals surface area contributed by atoms with Crippen LogP contribution in [0.4, 0.5) is 0 Å². The van der Waals surface area contributed by atoms with Crippen molar-refractivity contribution in [1.29, 1.82) is 0 Å². The van der Waals surface area contributed by atoms with Crippen LogP contribution < -0.4 is 0 Å². The van der Waals surface area contributed by atoms with E-state index in [0.717, 1.165) is 0 Å². The minimum absolute atomic E-state index is 0.380. The van der Waals surface area contributed by atoms with Crippen LogP contribution in [0.3, 0.4) is 0 Å². The molecule has 0 saturated heterocycles. The molecule has 0 aromatic heterocycles. The Morgan fingerprint density at radius 1 is 0.815 bits per heavy atom. The quantitative estimate of drug-likeness (QED) is 0.270. The summed E-state index contributed by atoms with van der Waals surface area (Å²) in [6.07, 6.45) is 5.04. The Hall–Kier alpha value is 0.649. The van der Waals surface area contributed by atoms with Gasteiger partial charge in [0.1, 0.15) is 0 Å². The molecule has 1 nitrogen and oxygen atoms in total. The molecule has 0 aromatic rings. The van der Waals surface area contributed by atoms with Crippen LogP contribution in [0.2, 0.25) is 49.4 Å². The molecule has 0 aliphatic heterocycles. The van der Waals surface area contributed by atoms with Crippen molar-refractivity contribution in [3.8, 4) is 0 Å². The monoisotopic (exact) mass is 526 g/mol. The molecule has 0 fully saturated rings. The van der Waals surface area contributed by atoms with Gasteiger partial charge in [0.2, 0.25) is 0 Å². The molecule has 0 radical (unpaired) electrons. The van der Waals surface area contributed by atoms with Gasteiger partial charge in [0, 0.05) is 0 Å². The molecule has 1 unspecified atom stereocenters. The third-order valence-corrected chi connectivity index (χ3v) is 16.9. The van der Waals surface area contributed by atoms with Gasteiger partial charge in [0.15, 0.2) is 0 Å². The summed E-state index contributed by atoms with van der Waals surface area (Å²) in [5.41, 5.74) is 8.39. The van der Waals surface area contributed by atoms with E-state index in [1.54, 1.807) is 27.9 Å². The summed E-state index contributed by atoms with van der Waals surface area (Å²) in [5.74, 6) is 2.11. The van der Waals surface area contributed by atoms with Crippen LogP contribution in [0.5, 0.6) is 0 Å². The zero-order valence-electron chi connectivity index (χ0n) is 19.4. The Labute approximate surface area is 193 Å². The van der Waals surface area contributed by atoms with Crippen molar-refractivity contribution >= 4 is 16.1 Å². The average Bonchev–Trinajstić information content (AvgIpc) is 2.75. The molecule has 3 rings (SSSR count). The standard InChI is InChI=1S/C23H40OSi2.La/c1-15-11-19-21(24)20-12-16(2)18(4)14-23(20,26(8,9)10)22(19,13-17(15)3)25(5,6)7;/h19,24H,11-14H2,1-10H3;/q;+1/p-1/t19?,22-,23-;/m1./s1. The van der Waals surface area contributed by atoms with E-state index in [9.17, 15) is 0 Å². The molecular formula is C23H39LaOSi2. The van der Waals surface area contributed by atoms with Crippen LogP contribution in [0.15, 0.2) is 33.6 Å². The predicted molar refractivity (Wildman–Crippen MR) is 119 cm³/mol. The summed E-state index contributed by atoms with van der Waals surface area (Å²) >= 11 is 0.592. The van der Waals surface area contributed by atoms with Gasteiger partial charge in [-0.05, 0) is 0 Å². The summed E-state index contributed by atoms with van der Waals surface area (Å²) in [4.78, 5) is 0. The first kappa shape index (κ1) is 22.3. The van der Waals surface area contributed by atoms with Crippen molar-refractivity contribution in [2.24, 2.45) is 5.92 Å². The summed E-state index contributed by atoms with van der Waals surface area (Å²) in [5, 5.41) is 0.806. The SMILES string of the molecule is CC1=C(C)C[C@@]2([Si](C)(C)C)C(=C([O][La])C3CC(C)=C(C)C[C@@]32[Si](C)(C)C)C1. The summed E-state index contributed by atoms with van der Waals surface area (Å²) in [7, 11) is -3.02. The van der Waals surface area contributed by atoms with Gasteiger partial charge in [0.05, 0.1) is 0 Å². The van der Waals surface area contributed by atoms with Crippen molar-refractivity contribution in [2.75, 3.05) is 0 Å². The van der Waals surface area contributed by atoms with Gasteiger partial charge in [-0.2, -0.15) is 0 Å². The van der Waals surface area contributed by atoms with Gasteiger partial charge in [-0.1, -0.05) is 0 Å². The molecule has 3 aliphatic carbocycles. The number of allylic oxidation sites excluding steroid dienone is 6. The van der Waals surface area contributed by atoms with Crippen LogP contribution in [0.1, 0.15) is 53.4 Å². The Bertz CT molecular complexity index is 762. The Balaban J connectivity index is 2.45. The molecule has 0 aromatic carbocycles. The van der Waals surface area contributed by atoms with E-state index in [4.69, 9.17) is 1.70 Å². The number of hydrogen-bond donors (Lipinski definition) is 0. The fraction of sp³-hybridized carbons (Fsp3) is 0.739. The summed E-state index contributed by atoms with van der Waals surface area (Å²) in [6, 6.07) is 0. The van der Waals surface area contributed by atoms with Gasteiger partial charge in [-0.25, -0.2) is 0 Å². The Kier molecular flexibility index (Phi) is 5.65.